The molecule has 1 N–H and O–H groups in total. The van der Waals surface area contributed by atoms with E-state index in [-0.39, 0.29) is 11.9 Å². The van der Waals surface area contributed by atoms with Gasteiger partial charge in [-0.1, -0.05) is 42.5 Å². The van der Waals surface area contributed by atoms with Crippen LogP contribution in [0, 0.1) is 0 Å². The van der Waals surface area contributed by atoms with Crippen molar-refractivity contribution in [1.82, 2.24) is 5.32 Å². The molecule has 0 saturated carbocycles. The second-order valence-corrected chi connectivity index (χ2v) is 6.91. The van der Waals surface area contributed by atoms with Crippen molar-refractivity contribution in [2.24, 2.45) is 0 Å². The standard InChI is InChI=1S/C21H21NO2S/c1-15(17-11-10-16-6-3-4-7-18(16)12-17)22-21(23)14-25-20-9-5-8-19(13-20)24-2/h3-13,15H,14H2,1-2H3,(H,22,23). The van der Waals surface area contributed by atoms with Crippen molar-refractivity contribution in [3.63, 3.8) is 0 Å². The first-order valence-corrected chi connectivity index (χ1v) is 9.19. The molecule has 3 aromatic carbocycles. The minimum absolute atomic E-state index is 0.0217. The lowest BCUT2D eigenvalue weighted by Gasteiger charge is -2.15. The predicted molar refractivity (Wildman–Crippen MR) is 104 cm³/mol. The highest BCUT2D eigenvalue weighted by Crippen LogP contribution is 2.23. The first-order chi connectivity index (χ1) is 12.2. The molecule has 128 valence electrons. The van der Waals surface area contributed by atoms with E-state index < -0.39 is 0 Å². The maximum absolute atomic E-state index is 12.3. The molecule has 0 fully saturated rings. The van der Waals surface area contributed by atoms with Crippen LogP contribution >= 0.6 is 11.8 Å². The van der Waals surface area contributed by atoms with E-state index in [1.54, 1.807) is 7.11 Å². The number of ether oxygens (including phenoxy) is 1. The quantitative estimate of drug-likeness (QED) is 0.647. The Bertz CT molecular complexity index is 878. The molecule has 25 heavy (non-hydrogen) atoms. The Labute approximate surface area is 152 Å². The second kappa shape index (κ2) is 8.08. The van der Waals surface area contributed by atoms with Gasteiger partial charge in [-0.05, 0) is 47.5 Å². The molecule has 3 rings (SSSR count). The van der Waals surface area contributed by atoms with Gasteiger partial charge in [-0.3, -0.25) is 4.79 Å². The number of amides is 1. The normalized spacial score (nSPS) is 11.9. The van der Waals surface area contributed by atoms with Gasteiger partial charge in [-0.25, -0.2) is 0 Å². The minimum Gasteiger partial charge on any atom is -0.497 e. The number of fused-ring (bicyclic) bond motifs is 1. The number of benzene rings is 3. The van der Waals surface area contributed by atoms with Gasteiger partial charge in [0.05, 0.1) is 18.9 Å². The third-order valence-electron chi connectivity index (χ3n) is 4.06. The molecule has 0 saturated heterocycles. The Morgan fingerprint density at radius 3 is 2.64 bits per heavy atom. The van der Waals surface area contributed by atoms with E-state index in [4.69, 9.17) is 4.74 Å². The summed E-state index contributed by atoms with van der Waals surface area (Å²) in [6.07, 6.45) is 0. The molecule has 1 amide bonds. The Hall–Kier alpha value is -2.46. The van der Waals surface area contributed by atoms with Gasteiger partial charge in [0.25, 0.3) is 0 Å². The van der Waals surface area contributed by atoms with Crippen molar-refractivity contribution in [3.8, 4) is 5.75 Å². The van der Waals surface area contributed by atoms with Gasteiger partial charge in [0.1, 0.15) is 5.75 Å². The number of hydrogen-bond acceptors (Lipinski definition) is 3. The molecule has 4 heteroatoms. The van der Waals surface area contributed by atoms with E-state index in [2.05, 4.69) is 35.6 Å². The SMILES string of the molecule is COc1cccc(SCC(=O)NC(C)c2ccc3ccccc3c2)c1. The highest BCUT2D eigenvalue weighted by atomic mass is 32.2. The summed E-state index contributed by atoms with van der Waals surface area (Å²) in [5.41, 5.74) is 1.11. The number of nitrogens with one attached hydrogen (secondary N) is 1. The van der Waals surface area contributed by atoms with Crippen LogP contribution in [0.3, 0.4) is 0 Å². The smallest absolute Gasteiger partial charge is 0.230 e. The molecule has 1 atom stereocenters. The summed E-state index contributed by atoms with van der Waals surface area (Å²) >= 11 is 1.51. The van der Waals surface area contributed by atoms with Crippen molar-refractivity contribution in [3.05, 3.63) is 72.3 Å². The molecule has 3 nitrogen and oxygen atoms in total. The van der Waals surface area contributed by atoms with E-state index in [1.165, 1.54) is 22.5 Å². The van der Waals surface area contributed by atoms with Crippen molar-refractivity contribution < 1.29 is 9.53 Å². The fourth-order valence-electron chi connectivity index (χ4n) is 2.68. The highest BCUT2D eigenvalue weighted by molar-refractivity contribution is 8.00. The number of methoxy groups -OCH3 is 1. The van der Waals surface area contributed by atoms with Crippen molar-refractivity contribution in [2.75, 3.05) is 12.9 Å². The molecule has 3 aromatic rings. The van der Waals surface area contributed by atoms with E-state index in [9.17, 15) is 4.79 Å². The fourth-order valence-corrected chi connectivity index (χ4v) is 3.44. The van der Waals surface area contributed by atoms with Crippen LogP contribution < -0.4 is 10.1 Å². The lowest BCUT2D eigenvalue weighted by atomic mass is 10.0. The topological polar surface area (TPSA) is 38.3 Å². The lowest BCUT2D eigenvalue weighted by molar-refractivity contribution is -0.119. The van der Waals surface area contributed by atoms with E-state index >= 15 is 0 Å². The summed E-state index contributed by atoms with van der Waals surface area (Å²) in [6, 6.07) is 22.3. The van der Waals surface area contributed by atoms with Crippen LogP contribution in [0.5, 0.6) is 5.75 Å². The van der Waals surface area contributed by atoms with Gasteiger partial charge in [0, 0.05) is 4.90 Å². The van der Waals surface area contributed by atoms with Gasteiger partial charge in [-0.15, -0.1) is 11.8 Å². The molecule has 0 heterocycles. The third kappa shape index (κ3) is 4.54. The lowest BCUT2D eigenvalue weighted by Crippen LogP contribution is -2.28. The molecule has 0 aliphatic carbocycles. The Balaban J connectivity index is 1.59. The van der Waals surface area contributed by atoms with Gasteiger partial charge < -0.3 is 10.1 Å². The first kappa shape index (κ1) is 17.4. The number of carbonyl (C=O) groups excluding carboxylic acids is 1. The van der Waals surface area contributed by atoms with E-state index in [0.717, 1.165) is 16.2 Å². The maximum Gasteiger partial charge on any atom is 0.230 e. The summed E-state index contributed by atoms with van der Waals surface area (Å²) < 4.78 is 5.21. The van der Waals surface area contributed by atoms with Crippen LogP contribution in [-0.4, -0.2) is 18.8 Å². The second-order valence-electron chi connectivity index (χ2n) is 5.86. The zero-order valence-corrected chi connectivity index (χ0v) is 15.2. The Morgan fingerprint density at radius 1 is 1.04 bits per heavy atom. The monoisotopic (exact) mass is 351 g/mol. The number of carbonyl (C=O) groups is 1. The summed E-state index contributed by atoms with van der Waals surface area (Å²) in [6.45, 7) is 2.01. The first-order valence-electron chi connectivity index (χ1n) is 8.20. The van der Waals surface area contributed by atoms with Crippen LogP contribution in [-0.2, 0) is 4.79 Å². The number of thioether (sulfide) groups is 1. The molecule has 0 aromatic heterocycles. The molecular formula is C21H21NO2S. The fraction of sp³-hybridized carbons (Fsp3) is 0.190. The zero-order chi connectivity index (χ0) is 17.6. The Kier molecular flexibility index (Phi) is 5.61. The molecule has 0 radical (unpaired) electrons. The highest BCUT2D eigenvalue weighted by Gasteiger charge is 2.10. The summed E-state index contributed by atoms with van der Waals surface area (Å²) in [5.74, 6) is 1.20. The summed E-state index contributed by atoms with van der Waals surface area (Å²) in [5, 5.41) is 5.46. The zero-order valence-electron chi connectivity index (χ0n) is 14.4. The van der Waals surface area contributed by atoms with Crippen LogP contribution in [0.15, 0.2) is 71.6 Å². The minimum atomic E-state index is -0.0250. The average Bonchev–Trinajstić information content (AvgIpc) is 2.66. The van der Waals surface area contributed by atoms with E-state index in [0.29, 0.717) is 5.75 Å². The van der Waals surface area contributed by atoms with Gasteiger partial charge in [0.15, 0.2) is 0 Å². The largest absolute Gasteiger partial charge is 0.497 e. The van der Waals surface area contributed by atoms with Crippen molar-refractivity contribution in [1.29, 1.82) is 0 Å². The summed E-state index contributed by atoms with van der Waals surface area (Å²) in [4.78, 5) is 13.3. The van der Waals surface area contributed by atoms with Crippen molar-refractivity contribution >= 4 is 28.4 Å². The average molecular weight is 351 g/mol. The van der Waals surface area contributed by atoms with Gasteiger partial charge in [-0.2, -0.15) is 0 Å². The molecule has 1 unspecified atom stereocenters. The summed E-state index contributed by atoms with van der Waals surface area (Å²) in [7, 11) is 1.64. The van der Waals surface area contributed by atoms with Crippen LogP contribution in [0.4, 0.5) is 0 Å². The molecule has 0 spiro atoms. The van der Waals surface area contributed by atoms with Crippen LogP contribution in [0.1, 0.15) is 18.5 Å². The maximum atomic E-state index is 12.3. The number of hydrogen-bond donors (Lipinski definition) is 1. The predicted octanol–water partition coefficient (Wildman–Crippen LogP) is 4.82. The van der Waals surface area contributed by atoms with Gasteiger partial charge in [0.2, 0.25) is 5.91 Å². The van der Waals surface area contributed by atoms with Crippen molar-refractivity contribution in [2.45, 2.75) is 17.9 Å². The third-order valence-corrected chi connectivity index (χ3v) is 5.06. The number of rotatable bonds is 6. The molecule has 0 aliphatic rings. The van der Waals surface area contributed by atoms with E-state index in [1.807, 2.05) is 43.3 Å². The van der Waals surface area contributed by atoms with Gasteiger partial charge >= 0.3 is 0 Å². The molecule has 0 bridgehead atoms. The van der Waals surface area contributed by atoms with Crippen LogP contribution in [0.25, 0.3) is 10.8 Å². The molecular weight excluding hydrogens is 330 g/mol. The Morgan fingerprint density at radius 2 is 1.84 bits per heavy atom. The molecule has 0 aliphatic heterocycles. The van der Waals surface area contributed by atoms with Crippen LogP contribution in [0.2, 0.25) is 0 Å².